The van der Waals surface area contributed by atoms with E-state index in [0.29, 0.717) is 0 Å². The fourth-order valence-electron chi connectivity index (χ4n) is 1.96. The van der Waals surface area contributed by atoms with Gasteiger partial charge in [0.15, 0.2) is 0 Å². The lowest BCUT2D eigenvalue weighted by atomic mass is 10.2. The lowest BCUT2D eigenvalue weighted by Crippen LogP contribution is -2.28. The van der Waals surface area contributed by atoms with Crippen molar-refractivity contribution in [2.75, 3.05) is 18.0 Å². The number of benzene rings is 1. The van der Waals surface area contributed by atoms with Crippen LogP contribution in [0.1, 0.15) is 0 Å². The molecule has 0 bridgehead atoms. The van der Waals surface area contributed by atoms with Crippen molar-refractivity contribution in [3.63, 3.8) is 0 Å². The highest BCUT2D eigenvalue weighted by molar-refractivity contribution is 8.00. The predicted octanol–water partition coefficient (Wildman–Crippen LogP) is 1.82. The number of anilines is 1. The monoisotopic (exact) mass is 259 g/mol. The fourth-order valence-corrected chi connectivity index (χ4v) is 3.24. The molecule has 1 aromatic rings. The van der Waals surface area contributed by atoms with Gasteiger partial charge >= 0.3 is 0 Å². The number of nitro benzene ring substituents is 1. The number of nitrogens with one attached hydrogen (secondary N) is 1. The Hall–Kier alpha value is -0.980. The molecule has 1 saturated heterocycles. The first-order valence-corrected chi connectivity index (χ1v) is 5.59. The van der Waals surface area contributed by atoms with E-state index < -0.39 is 0 Å². The first-order valence-electron chi connectivity index (χ1n) is 4.71. The van der Waals surface area contributed by atoms with Crippen LogP contribution in [0.4, 0.5) is 11.4 Å². The van der Waals surface area contributed by atoms with Crippen LogP contribution in [0, 0.1) is 10.1 Å². The minimum atomic E-state index is -0.350. The van der Waals surface area contributed by atoms with Crippen LogP contribution in [0.2, 0.25) is 0 Å². The van der Waals surface area contributed by atoms with E-state index in [0.717, 1.165) is 23.7 Å². The molecule has 1 aromatic carbocycles. The number of rotatable bonds is 1. The Kier molecular flexibility index (Phi) is 2.96. The highest BCUT2D eigenvalue weighted by Crippen LogP contribution is 2.44. The number of fused-ring (bicyclic) bond motifs is 3. The number of halogens is 1. The van der Waals surface area contributed by atoms with Crippen molar-refractivity contribution in [3.05, 3.63) is 28.3 Å². The van der Waals surface area contributed by atoms with Gasteiger partial charge in [0, 0.05) is 30.1 Å². The van der Waals surface area contributed by atoms with E-state index in [1.54, 1.807) is 23.9 Å². The Morgan fingerprint density at radius 3 is 3.12 bits per heavy atom. The van der Waals surface area contributed by atoms with E-state index in [-0.39, 0.29) is 28.5 Å². The maximum absolute atomic E-state index is 10.6. The molecular weight excluding hydrogens is 250 g/mol. The molecule has 7 heteroatoms. The summed E-state index contributed by atoms with van der Waals surface area (Å²) < 4.78 is 0. The molecule has 0 aromatic heterocycles. The van der Waals surface area contributed by atoms with E-state index in [9.17, 15) is 10.1 Å². The summed E-state index contributed by atoms with van der Waals surface area (Å²) in [6, 6.07) is 5.06. The molecule has 0 amide bonds. The molecule has 5 nitrogen and oxygen atoms in total. The molecule has 2 aliphatic heterocycles. The minimum Gasteiger partial charge on any atom is -0.345 e. The molecule has 1 N–H and O–H groups in total. The average Bonchev–Trinajstić information content (AvgIpc) is 2.75. The molecule has 16 heavy (non-hydrogen) atoms. The Labute approximate surface area is 103 Å². The smallest absolute Gasteiger partial charge is 0.270 e. The third-order valence-electron chi connectivity index (χ3n) is 2.66. The summed E-state index contributed by atoms with van der Waals surface area (Å²) in [7, 11) is 0. The van der Waals surface area contributed by atoms with Crippen molar-refractivity contribution < 1.29 is 4.92 Å². The molecular formula is C9H10ClN3O2S. The van der Waals surface area contributed by atoms with Crippen molar-refractivity contribution in [1.82, 2.24) is 5.32 Å². The SMILES string of the molecule is Cl.O=[N+]([O-])c1ccc2c(c1)SC1NCCN21. The van der Waals surface area contributed by atoms with Crippen molar-refractivity contribution in [2.24, 2.45) is 0 Å². The first-order chi connectivity index (χ1) is 7.25. The van der Waals surface area contributed by atoms with Crippen LogP contribution in [0.15, 0.2) is 23.1 Å². The Bertz CT molecular complexity index is 443. The van der Waals surface area contributed by atoms with Crippen LogP contribution < -0.4 is 10.2 Å². The second-order valence-corrected chi connectivity index (χ2v) is 4.65. The van der Waals surface area contributed by atoms with Gasteiger partial charge in [-0.25, -0.2) is 0 Å². The van der Waals surface area contributed by atoms with E-state index in [2.05, 4.69) is 10.2 Å². The lowest BCUT2D eigenvalue weighted by molar-refractivity contribution is -0.385. The zero-order valence-electron chi connectivity index (χ0n) is 8.25. The summed E-state index contributed by atoms with van der Waals surface area (Å²) in [5, 5.41) is 13.9. The number of hydrogen-bond acceptors (Lipinski definition) is 5. The highest BCUT2D eigenvalue weighted by atomic mass is 35.5. The topological polar surface area (TPSA) is 58.4 Å². The Morgan fingerprint density at radius 2 is 2.38 bits per heavy atom. The number of hydrogen-bond donors (Lipinski definition) is 1. The van der Waals surface area contributed by atoms with Gasteiger partial charge in [-0.3, -0.25) is 15.4 Å². The molecule has 1 atom stereocenters. The van der Waals surface area contributed by atoms with E-state index in [1.807, 2.05) is 6.07 Å². The fraction of sp³-hybridized carbons (Fsp3) is 0.333. The summed E-state index contributed by atoms with van der Waals surface area (Å²) in [5.41, 5.74) is 1.55. The second-order valence-electron chi connectivity index (χ2n) is 3.53. The lowest BCUT2D eigenvalue weighted by Gasteiger charge is -2.15. The minimum absolute atomic E-state index is 0. The van der Waals surface area contributed by atoms with Crippen molar-refractivity contribution >= 4 is 35.5 Å². The molecule has 0 aliphatic carbocycles. The van der Waals surface area contributed by atoms with Crippen molar-refractivity contribution in [3.8, 4) is 0 Å². The molecule has 0 spiro atoms. The van der Waals surface area contributed by atoms with Crippen LogP contribution in [-0.4, -0.2) is 23.5 Å². The highest BCUT2D eigenvalue weighted by Gasteiger charge is 2.34. The van der Waals surface area contributed by atoms with E-state index in [1.165, 1.54) is 0 Å². The zero-order valence-corrected chi connectivity index (χ0v) is 9.88. The standard InChI is InChI=1S/C9H9N3O2S.ClH/c13-12(14)6-1-2-7-8(5-6)15-9-10-3-4-11(7)9;/h1-2,5,9-10H,3-4H2;1H. The third-order valence-corrected chi connectivity index (χ3v) is 3.88. The van der Waals surface area contributed by atoms with Crippen LogP contribution >= 0.6 is 24.2 Å². The quantitative estimate of drug-likeness (QED) is 0.616. The van der Waals surface area contributed by atoms with Crippen molar-refractivity contribution in [1.29, 1.82) is 0 Å². The number of non-ortho nitro benzene ring substituents is 1. The largest absolute Gasteiger partial charge is 0.345 e. The summed E-state index contributed by atoms with van der Waals surface area (Å²) in [6.07, 6.45) is 0. The van der Waals surface area contributed by atoms with Gasteiger partial charge in [0.05, 0.1) is 10.6 Å². The zero-order chi connectivity index (χ0) is 10.4. The summed E-state index contributed by atoms with van der Waals surface area (Å²) in [4.78, 5) is 13.5. The molecule has 3 rings (SSSR count). The van der Waals surface area contributed by atoms with Crippen molar-refractivity contribution in [2.45, 2.75) is 10.4 Å². The van der Waals surface area contributed by atoms with E-state index >= 15 is 0 Å². The van der Waals surface area contributed by atoms with Gasteiger partial charge in [-0.1, -0.05) is 11.8 Å². The van der Waals surface area contributed by atoms with Crippen LogP contribution in [-0.2, 0) is 0 Å². The molecule has 1 unspecified atom stereocenters. The number of thioether (sulfide) groups is 1. The second kappa shape index (κ2) is 4.12. The Morgan fingerprint density at radius 1 is 1.56 bits per heavy atom. The van der Waals surface area contributed by atoms with Crippen LogP contribution in [0.25, 0.3) is 0 Å². The molecule has 2 aliphatic rings. The molecule has 0 radical (unpaired) electrons. The summed E-state index contributed by atoms with van der Waals surface area (Å²) in [6.45, 7) is 1.95. The number of nitro groups is 1. The van der Waals surface area contributed by atoms with E-state index in [4.69, 9.17) is 0 Å². The third kappa shape index (κ3) is 1.63. The first kappa shape index (κ1) is 11.5. The average molecular weight is 260 g/mol. The summed E-state index contributed by atoms with van der Waals surface area (Å²) in [5.74, 6) is 0. The predicted molar refractivity (Wildman–Crippen MR) is 65.3 cm³/mol. The summed E-state index contributed by atoms with van der Waals surface area (Å²) >= 11 is 1.65. The maximum atomic E-state index is 10.6. The molecule has 86 valence electrons. The van der Waals surface area contributed by atoms with Gasteiger partial charge in [0.2, 0.25) is 0 Å². The van der Waals surface area contributed by atoms with Gasteiger partial charge in [-0.05, 0) is 6.07 Å². The van der Waals surface area contributed by atoms with Crippen LogP contribution in [0.3, 0.4) is 0 Å². The molecule has 0 saturated carbocycles. The normalized spacial score (nSPS) is 21.2. The van der Waals surface area contributed by atoms with Gasteiger partial charge in [0.25, 0.3) is 5.69 Å². The van der Waals surface area contributed by atoms with Gasteiger partial charge in [0.1, 0.15) is 5.50 Å². The van der Waals surface area contributed by atoms with Crippen LogP contribution in [0.5, 0.6) is 0 Å². The maximum Gasteiger partial charge on any atom is 0.270 e. The molecule has 1 fully saturated rings. The Balaban J connectivity index is 0.000000963. The van der Waals surface area contributed by atoms with Gasteiger partial charge in [-0.15, -0.1) is 12.4 Å². The number of nitrogens with zero attached hydrogens (tertiary/aromatic N) is 2. The van der Waals surface area contributed by atoms with Gasteiger partial charge < -0.3 is 4.90 Å². The molecule has 2 heterocycles. The van der Waals surface area contributed by atoms with Gasteiger partial charge in [-0.2, -0.15) is 0 Å².